The van der Waals surface area contributed by atoms with Gasteiger partial charge in [-0.1, -0.05) is 0 Å². The maximum absolute atomic E-state index is 10.4. The summed E-state index contributed by atoms with van der Waals surface area (Å²) in [6.45, 7) is 1.55. The van der Waals surface area contributed by atoms with Gasteiger partial charge in [0, 0.05) is 11.8 Å². The van der Waals surface area contributed by atoms with E-state index in [-0.39, 0.29) is 0 Å². The van der Waals surface area contributed by atoms with Gasteiger partial charge < -0.3 is 19.8 Å². The second-order valence-electron chi connectivity index (χ2n) is 2.73. The van der Waals surface area contributed by atoms with Crippen LogP contribution in [0.2, 0.25) is 0 Å². The van der Waals surface area contributed by atoms with Crippen molar-refractivity contribution in [3.8, 4) is 0 Å². The minimum Gasteiger partial charge on any atom is -0.550 e. The number of carboxylic acid groups (broad SMARTS) is 2. The lowest BCUT2D eigenvalue weighted by atomic mass is 9.88. The average molecular weight is 189 g/mol. The number of nitrogens with zero attached hydrogens (tertiary/aromatic N) is 1. The van der Waals surface area contributed by atoms with Crippen molar-refractivity contribution in [3.63, 3.8) is 0 Å². The van der Waals surface area contributed by atoms with Gasteiger partial charge in [0.1, 0.15) is 5.97 Å². The van der Waals surface area contributed by atoms with E-state index in [2.05, 4.69) is 0 Å². The molecule has 0 heterocycles. The molecule has 74 valence electrons. The first-order valence-electron chi connectivity index (χ1n) is 3.31. The highest BCUT2D eigenvalue weighted by atomic mass is 16.6. The van der Waals surface area contributed by atoms with E-state index in [0.29, 0.717) is 6.92 Å². The van der Waals surface area contributed by atoms with Crippen LogP contribution in [-0.4, -0.2) is 22.4 Å². The normalized spacial score (nSPS) is 17.1. The third-order valence-corrected chi connectivity index (χ3v) is 1.99. The quantitative estimate of drug-likeness (QED) is 0.346. The molecule has 7 nitrogen and oxygen atoms in total. The van der Waals surface area contributed by atoms with Crippen LogP contribution in [-0.2, 0) is 9.59 Å². The van der Waals surface area contributed by atoms with Crippen LogP contribution in [0.3, 0.4) is 0 Å². The highest BCUT2D eigenvalue weighted by Gasteiger charge is 2.45. The van der Waals surface area contributed by atoms with E-state index in [0.717, 1.165) is 6.92 Å². The Balaban J connectivity index is 5.13. The van der Waals surface area contributed by atoms with Crippen molar-refractivity contribution in [1.82, 2.24) is 0 Å². The third kappa shape index (κ3) is 1.74. The van der Waals surface area contributed by atoms with Crippen LogP contribution in [0.5, 0.6) is 0 Å². The Hall–Kier alpha value is -1.66. The van der Waals surface area contributed by atoms with Crippen LogP contribution in [0, 0.1) is 16.0 Å². The van der Waals surface area contributed by atoms with Crippen molar-refractivity contribution in [2.24, 2.45) is 5.92 Å². The molecule has 0 aliphatic carbocycles. The molecule has 2 atom stereocenters. The number of hydrogen-bond donors (Lipinski definition) is 0. The number of carboxylic acids is 2. The minimum atomic E-state index is -2.65. The molecule has 0 amide bonds. The lowest BCUT2D eigenvalue weighted by Gasteiger charge is -2.28. The molecule has 0 aromatic heterocycles. The molecular weight excluding hydrogens is 182 g/mol. The first-order chi connectivity index (χ1) is 5.74. The number of rotatable bonds is 4. The molecule has 0 rings (SSSR count). The van der Waals surface area contributed by atoms with E-state index in [1.165, 1.54) is 0 Å². The molecule has 7 heteroatoms. The molecule has 13 heavy (non-hydrogen) atoms. The Labute approximate surface area is 73.1 Å². The van der Waals surface area contributed by atoms with Gasteiger partial charge in [-0.3, -0.25) is 10.1 Å². The second-order valence-corrected chi connectivity index (χ2v) is 2.73. The molecule has 0 fully saturated rings. The standard InChI is InChI=1S/C6H9NO6/c1-3(4(8)9)6(2,5(10)11)7(12)13/h3H,1-2H3,(H,8,9)(H,10,11)/p-2. The van der Waals surface area contributed by atoms with Crippen LogP contribution in [0.4, 0.5) is 0 Å². The second kappa shape index (κ2) is 3.38. The number of carbonyl (C=O) groups excluding carboxylic acids is 2. The zero-order chi connectivity index (χ0) is 10.8. The van der Waals surface area contributed by atoms with E-state index in [1.807, 2.05) is 0 Å². The van der Waals surface area contributed by atoms with Crippen LogP contribution in [0.1, 0.15) is 13.8 Å². The summed E-state index contributed by atoms with van der Waals surface area (Å²) in [6, 6.07) is 0. The Bertz CT molecular complexity index is 246. The Morgan fingerprint density at radius 1 is 1.38 bits per heavy atom. The molecular formula is C6H7NO6-2. The largest absolute Gasteiger partial charge is 0.550 e. The van der Waals surface area contributed by atoms with Crippen LogP contribution >= 0.6 is 0 Å². The van der Waals surface area contributed by atoms with E-state index in [1.54, 1.807) is 0 Å². The van der Waals surface area contributed by atoms with Crippen LogP contribution in [0.15, 0.2) is 0 Å². The van der Waals surface area contributed by atoms with Gasteiger partial charge in [0.05, 0.1) is 11.9 Å². The molecule has 0 aromatic rings. The summed E-state index contributed by atoms with van der Waals surface area (Å²) in [5.41, 5.74) is -2.65. The van der Waals surface area contributed by atoms with Crippen molar-refractivity contribution < 1.29 is 24.7 Å². The number of hydrogen-bond acceptors (Lipinski definition) is 6. The molecule has 0 radical (unpaired) electrons. The van der Waals surface area contributed by atoms with Crippen LogP contribution in [0.25, 0.3) is 0 Å². The fourth-order valence-electron chi connectivity index (χ4n) is 0.639. The van der Waals surface area contributed by atoms with E-state index in [9.17, 15) is 29.9 Å². The van der Waals surface area contributed by atoms with Gasteiger partial charge in [-0.15, -0.1) is 0 Å². The smallest absolute Gasteiger partial charge is 0.266 e. The fourth-order valence-corrected chi connectivity index (χ4v) is 0.639. The van der Waals surface area contributed by atoms with Crippen molar-refractivity contribution in [3.05, 3.63) is 10.1 Å². The molecule has 0 aliphatic heterocycles. The molecule has 0 aliphatic rings. The van der Waals surface area contributed by atoms with Crippen molar-refractivity contribution in [2.45, 2.75) is 19.4 Å². The summed E-state index contributed by atoms with van der Waals surface area (Å²) in [5, 5.41) is 30.9. The highest BCUT2D eigenvalue weighted by Crippen LogP contribution is 2.19. The number of carbonyl (C=O) groups is 2. The number of aliphatic carboxylic acids is 2. The van der Waals surface area contributed by atoms with E-state index >= 15 is 0 Å². The maximum Gasteiger partial charge on any atom is 0.266 e. The summed E-state index contributed by atoms with van der Waals surface area (Å²) in [6.07, 6.45) is 0. The summed E-state index contributed by atoms with van der Waals surface area (Å²) in [4.78, 5) is 29.7. The van der Waals surface area contributed by atoms with Crippen molar-refractivity contribution >= 4 is 11.9 Å². The molecule has 0 aromatic carbocycles. The molecule has 0 bridgehead atoms. The lowest BCUT2D eigenvalue weighted by Crippen LogP contribution is -2.59. The predicted octanol–water partition coefficient (Wildman–Crippen LogP) is -2.84. The minimum absolute atomic E-state index is 0.669. The zero-order valence-corrected chi connectivity index (χ0v) is 6.97. The topological polar surface area (TPSA) is 123 Å². The Kier molecular flexibility index (Phi) is 2.95. The predicted molar refractivity (Wildman–Crippen MR) is 34.6 cm³/mol. The lowest BCUT2D eigenvalue weighted by molar-refractivity contribution is -0.572. The summed E-state index contributed by atoms with van der Waals surface area (Å²) in [7, 11) is 0. The van der Waals surface area contributed by atoms with E-state index < -0.39 is 28.3 Å². The van der Waals surface area contributed by atoms with Gasteiger partial charge in [0.25, 0.3) is 5.54 Å². The fraction of sp³-hybridized carbons (Fsp3) is 0.667. The molecule has 0 N–H and O–H groups in total. The third-order valence-electron chi connectivity index (χ3n) is 1.99. The first kappa shape index (κ1) is 11.3. The highest BCUT2D eigenvalue weighted by molar-refractivity contribution is 5.82. The van der Waals surface area contributed by atoms with E-state index in [4.69, 9.17) is 0 Å². The SMILES string of the molecule is CC(C(=O)[O-])C(C)(C(=O)[O-])[N+](=O)[O-]. The van der Waals surface area contributed by atoms with Gasteiger partial charge >= 0.3 is 0 Å². The molecule has 2 unspecified atom stereocenters. The van der Waals surface area contributed by atoms with Gasteiger partial charge in [0.2, 0.25) is 0 Å². The van der Waals surface area contributed by atoms with Gasteiger partial charge in [-0.25, -0.2) is 0 Å². The molecule has 0 saturated carbocycles. The summed E-state index contributed by atoms with van der Waals surface area (Å²) < 4.78 is 0. The molecule has 0 spiro atoms. The zero-order valence-electron chi connectivity index (χ0n) is 6.97. The summed E-state index contributed by atoms with van der Waals surface area (Å²) in [5.74, 6) is -5.61. The summed E-state index contributed by atoms with van der Waals surface area (Å²) >= 11 is 0. The van der Waals surface area contributed by atoms with Crippen LogP contribution < -0.4 is 10.2 Å². The van der Waals surface area contributed by atoms with Gasteiger partial charge in [-0.05, 0) is 6.92 Å². The van der Waals surface area contributed by atoms with Gasteiger partial charge in [-0.2, -0.15) is 0 Å². The van der Waals surface area contributed by atoms with Crippen molar-refractivity contribution in [1.29, 1.82) is 0 Å². The van der Waals surface area contributed by atoms with Crippen molar-refractivity contribution in [2.75, 3.05) is 0 Å². The Morgan fingerprint density at radius 2 is 1.77 bits per heavy atom. The van der Waals surface area contributed by atoms with Gasteiger partial charge in [0.15, 0.2) is 0 Å². The first-order valence-corrected chi connectivity index (χ1v) is 3.31. The Morgan fingerprint density at radius 3 is 1.85 bits per heavy atom. The average Bonchev–Trinajstić information content (AvgIpc) is 2.00. The molecule has 0 saturated heterocycles. The number of nitro groups is 1. The monoisotopic (exact) mass is 189 g/mol. The maximum atomic E-state index is 10.4.